The van der Waals surface area contributed by atoms with Crippen molar-refractivity contribution in [2.45, 2.75) is 31.8 Å². The zero-order valence-corrected chi connectivity index (χ0v) is 13.5. The average Bonchev–Trinajstić information content (AvgIpc) is 2.54. The molecule has 0 bridgehead atoms. The molecule has 1 aromatic rings. The van der Waals surface area contributed by atoms with E-state index in [4.69, 9.17) is 4.74 Å². The third kappa shape index (κ3) is 3.30. The first-order valence-electron chi connectivity index (χ1n) is 7.76. The van der Waals surface area contributed by atoms with Gasteiger partial charge in [-0.3, -0.25) is 9.69 Å². The number of ketones is 1. The van der Waals surface area contributed by atoms with Crippen LogP contribution in [0.3, 0.4) is 0 Å². The van der Waals surface area contributed by atoms with Gasteiger partial charge in [0.05, 0.1) is 7.11 Å². The second kappa shape index (κ2) is 7.41. The van der Waals surface area contributed by atoms with Gasteiger partial charge in [0.2, 0.25) is 0 Å². The predicted molar refractivity (Wildman–Crippen MR) is 90.0 cm³/mol. The van der Waals surface area contributed by atoms with Crippen molar-refractivity contribution < 1.29 is 9.53 Å². The van der Waals surface area contributed by atoms with Gasteiger partial charge in [0.15, 0.2) is 0 Å². The minimum absolute atomic E-state index is 0.0347. The highest BCUT2D eigenvalue weighted by molar-refractivity contribution is 5.83. The van der Waals surface area contributed by atoms with Gasteiger partial charge in [-0.1, -0.05) is 31.2 Å². The van der Waals surface area contributed by atoms with Crippen molar-refractivity contribution in [2.24, 2.45) is 5.92 Å². The Morgan fingerprint density at radius 2 is 1.95 bits per heavy atom. The summed E-state index contributed by atoms with van der Waals surface area (Å²) in [6, 6.07) is 8.28. The Labute approximate surface area is 133 Å². The minimum Gasteiger partial charge on any atom is -0.497 e. The summed E-state index contributed by atoms with van der Waals surface area (Å²) in [5.41, 5.74) is 1.15. The summed E-state index contributed by atoms with van der Waals surface area (Å²) in [5, 5.41) is 0. The Morgan fingerprint density at radius 3 is 2.50 bits per heavy atom. The number of hydrogen-bond acceptors (Lipinski definition) is 3. The number of piperidine rings is 1. The molecule has 0 saturated carbocycles. The molecule has 3 atom stereocenters. The number of ether oxygens (including phenoxy) is 1. The molecule has 0 aliphatic carbocycles. The van der Waals surface area contributed by atoms with Gasteiger partial charge in [-0.25, -0.2) is 0 Å². The molecule has 22 heavy (non-hydrogen) atoms. The van der Waals surface area contributed by atoms with Gasteiger partial charge in [-0.05, 0) is 24.1 Å². The maximum absolute atomic E-state index is 12.4. The first-order valence-corrected chi connectivity index (χ1v) is 7.76. The van der Waals surface area contributed by atoms with Crippen LogP contribution in [0.15, 0.2) is 49.6 Å². The first-order chi connectivity index (χ1) is 10.6. The third-order valence-electron chi connectivity index (χ3n) is 4.55. The lowest BCUT2D eigenvalue weighted by molar-refractivity contribution is -0.130. The van der Waals surface area contributed by atoms with Crippen molar-refractivity contribution in [3.8, 4) is 5.75 Å². The van der Waals surface area contributed by atoms with Gasteiger partial charge < -0.3 is 4.74 Å². The van der Waals surface area contributed by atoms with Gasteiger partial charge in [-0.15, -0.1) is 13.2 Å². The highest BCUT2D eigenvalue weighted by Gasteiger charge is 2.39. The average molecular weight is 299 g/mol. The summed E-state index contributed by atoms with van der Waals surface area (Å²) in [6.07, 6.45) is 5.18. The van der Waals surface area contributed by atoms with Crippen molar-refractivity contribution in [1.29, 1.82) is 0 Å². The van der Waals surface area contributed by atoms with Gasteiger partial charge in [0.25, 0.3) is 0 Å². The second-order valence-corrected chi connectivity index (χ2v) is 5.83. The highest BCUT2D eigenvalue weighted by Crippen LogP contribution is 2.37. The van der Waals surface area contributed by atoms with E-state index in [0.29, 0.717) is 12.2 Å². The van der Waals surface area contributed by atoms with E-state index in [2.05, 4.69) is 18.1 Å². The molecule has 1 heterocycles. The summed E-state index contributed by atoms with van der Waals surface area (Å²) in [4.78, 5) is 14.8. The Bertz CT molecular complexity index is 535. The van der Waals surface area contributed by atoms with Gasteiger partial charge in [-0.2, -0.15) is 0 Å². The van der Waals surface area contributed by atoms with Crippen LogP contribution in [-0.2, 0) is 4.79 Å². The molecule has 1 fully saturated rings. The van der Waals surface area contributed by atoms with Crippen molar-refractivity contribution in [1.82, 2.24) is 4.90 Å². The van der Waals surface area contributed by atoms with Gasteiger partial charge in [0.1, 0.15) is 11.5 Å². The fourth-order valence-corrected chi connectivity index (χ4v) is 3.28. The summed E-state index contributed by atoms with van der Waals surface area (Å²) in [7, 11) is 1.66. The lowest BCUT2D eigenvalue weighted by Gasteiger charge is -2.44. The van der Waals surface area contributed by atoms with Crippen LogP contribution in [0.5, 0.6) is 5.75 Å². The number of hydrogen-bond donors (Lipinski definition) is 0. The van der Waals surface area contributed by atoms with Crippen LogP contribution in [0.1, 0.15) is 31.4 Å². The largest absolute Gasteiger partial charge is 0.497 e. The molecule has 0 radical (unpaired) electrons. The van der Waals surface area contributed by atoms with Crippen LogP contribution in [0.4, 0.5) is 0 Å². The Morgan fingerprint density at radius 1 is 1.27 bits per heavy atom. The molecule has 1 saturated heterocycles. The van der Waals surface area contributed by atoms with Crippen LogP contribution in [0.2, 0.25) is 0 Å². The maximum Gasteiger partial charge on any atom is 0.139 e. The summed E-state index contributed by atoms with van der Waals surface area (Å²) in [6.45, 7) is 10.5. The number of methoxy groups -OCH3 is 1. The number of carbonyl (C=O) groups is 1. The molecule has 1 aromatic carbocycles. The molecule has 0 aromatic heterocycles. The van der Waals surface area contributed by atoms with Crippen molar-refractivity contribution >= 4 is 5.78 Å². The smallest absolute Gasteiger partial charge is 0.139 e. The molecular formula is C19H25NO2. The molecule has 2 rings (SSSR count). The predicted octanol–water partition coefficient (Wildman–Crippen LogP) is 3.78. The van der Waals surface area contributed by atoms with Crippen LogP contribution >= 0.6 is 0 Å². The molecule has 3 heteroatoms. The van der Waals surface area contributed by atoms with Crippen molar-refractivity contribution in [3.63, 3.8) is 0 Å². The van der Waals surface area contributed by atoms with E-state index in [1.54, 1.807) is 7.11 Å². The van der Waals surface area contributed by atoms with Crippen LogP contribution in [-0.4, -0.2) is 30.4 Å². The molecular weight excluding hydrogens is 274 g/mol. The molecule has 3 nitrogen and oxygen atoms in total. The Balaban J connectivity index is 2.34. The monoisotopic (exact) mass is 299 g/mol. The lowest BCUT2D eigenvalue weighted by Crippen LogP contribution is -2.49. The number of carbonyl (C=O) groups excluding carboxylic acids is 1. The number of benzene rings is 1. The topological polar surface area (TPSA) is 29.5 Å². The number of rotatable bonds is 6. The van der Waals surface area contributed by atoms with E-state index >= 15 is 0 Å². The van der Waals surface area contributed by atoms with Gasteiger partial charge in [0, 0.05) is 31.0 Å². The Hall–Kier alpha value is -1.87. The third-order valence-corrected chi connectivity index (χ3v) is 4.55. The molecule has 118 valence electrons. The normalized spacial score (nSPS) is 25.7. The van der Waals surface area contributed by atoms with E-state index in [1.165, 1.54) is 0 Å². The lowest BCUT2D eigenvalue weighted by atomic mass is 9.81. The van der Waals surface area contributed by atoms with E-state index in [0.717, 1.165) is 24.3 Å². The highest BCUT2D eigenvalue weighted by atomic mass is 16.5. The SMILES string of the molecule is C=CC[C@H]1[C@H](C)C(=O)C[C@@H](c2ccc(OC)cc2)N1CC=C. The number of nitrogens with zero attached hydrogens (tertiary/aromatic N) is 1. The number of Topliss-reactive ketones (excluding diaryl/α,β-unsaturated/α-hetero) is 1. The van der Waals surface area contributed by atoms with Crippen molar-refractivity contribution in [3.05, 3.63) is 55.1 Å². The molecule has 0 spiro atoms. The summed E-state index contributed by atoms with van der Waals surface area (Å²) < 4.78 is 5.22. The first kappa shape index (κ1) is 16.5. The number of likely N-dealkylation sites (tertiary alicyclic amines) is 1. The van der Waals surface area contributed by atoms with E-state index in [-0.39, 0.29) is 18.0 Å². The van der Waals surface area contributed by atoms with E-state index in [1.807, 2.05) is 43.3 Å². The quantitative estimate of drug-likeness (QED) is 0.749. The van der Waals surface area contributed by atoms with Gasteiger partial charge >= 0.3 is 0 Å². The fourth-order valence-electron chi connectivity index (χ4n) is 3.28. The Kier molecular flexibility index (Phi) is 5.56. The minimum atomic E-state index is 0.0347. The van der Waals surface area contributed by atoms with Crippen LogP contribution in [0, 0.1) is 5.92 Å². The summed E-state index contributed by atoms with van der Waals surface area (Å²) >= 11 is 0. The standard InChI is InChI=1S/C19H25NO2/c1-5-7-17-14(3)19(21)13-18(20(17)12-6-2)15-8-10-16(22-4)11-9-15/h5-6,8-11,14,17-18H,1-2,7,12-13H2,3-4H3/t14-,17-,18-/m0/s1. The molecule has 0 unspecified atom stereocenters. The summed E-state index contributed by atoms with van der Waals surface area (Å²) in [5.74, 6) is 1.19. The van der Waals surface area contributed by atoms with E-state index < -0.39 is 0 Å². The second-order valence-electron chi connectivity index (χ2n) is 5.83. The van der Waals surface area contributed by atoms with E-state index in [9.17, 15) is 4.79 Å². The molecule has 0 N–H and O–H groups in total. The van der Waals surface area contributed by atoms with Crippen LogP contribution in [0.25, 0.3) is 0 Å². The van der Waals surface area contributed by atoms with Crippen LogP contribution < -0.4 is 4.74 Å². The maximum atomic E-state index is 12.4. The molecule has 0 amide bonds. The zero-order chi connectivity index (χ0) is 16.1. The fraction of sp³-hybridized carbons (Fsp3) is 0.421. The molecule has 1 aliphatic heterocycles. The molecule has 1 aliphatic rings. The van der Waals surface area contributed by atoms with Crippen molar-refractivity contribution in [2.75, 3.05) is 13.7 Å². The zero-order valence-electron chi connectivity index (χ0n) is 13.5.